The maximum atomic E-state index is 13.6. The van der Waals surface area contributed by atoms with E-state index in [1.165, 1.54) is 0 Å². The zero-order valence-corrected chi connectivity index (χ0v) is 21.3. The summed E-state index contributed by atoms with van der Waals surface area (Å²) in [5.74, 6) is -0.567. The zero-order chi connectivity index (χ0) is 24.5. The van der Waals surface area contributed by atoms with Gasteiger partial charge in [-0.15, -0.1) is 11.3 Å². The van der Waals surface area contributed by atoms with Crippen molar-refractivity contribution in [3.63, 3.8) is 0 Å². The van der Waals surface area contributed by atoms with Crippen LogP contribution in [0.4, 0.5) is 5.69 Å². The van der Waals surface area contributed by atoms with Crippen LogP contribution in [0.5, 0.6) is 0 Å². The number of nitrogens with one attached hydrogen (secondary N) is 1. The molecule has 35 heavy (non-hydrogen) atoms. The number of esters is 1. The fraction of sp³-hybridized carbons (Fsp3) is 0.429. The smallest absolute Gasteiger partial charge is 0.336 e. The molecule has 6 nitrogen and oxygen atoms in total. The Hall–Kier alpha value is -2.90. The minimum absolute atomic E-state index is 0.0395. The lowest BCUT2D eigenvalue weighted by atomic mass is 9.73. The molecule has 184 valence electrons. The molecule has 0 radical (unpaired) electrons. The second-order valence-electron chi connectivity index (χ2n) is 9.75. The number of carbonyl (C=O) groups excluding carboxylic acids is 2. The molecule has 1 fully saturated rings. The van der Waals surface area contributed by atoms with Gasteiger partial charge in [0, 0.05) is 54.7 Å². The number of benzene rings is 1. The second-order valence-corrected chi connectivity index (χ2v) is 10.7. The molecule has 0 saturated carbocycles. The lowest BCUT2D eigenvalue weighted by Crippen LogP contribution is -2.36. The highest BCUT2D eigenvalue weighted by molar-refractivity contribution is 7.10. The fourth-order valence-electron chi connectivity index (χ4n) is 5.35. The molecule has 3 atom stereocenters. The van der Waals surface area contributed by atoms with E-state index in [1.807, 2.05) is 38.5 Å². The molecule has 0 spiro atoms. The van der Waals surface area contributed by atoms with E-state index < -0.39 is 5.92 Å². The van der Waals surface area contributed by atoms with Crippen molar-refractivity contribution in [2.75, 3.05) is 32.2 Å². The standard InChI is InChI=1S/C28H32N2O4S/c1-17-25(28(32)34-16-21-6-4-12-33-21)27(24-7-5-13-35-24)26-22(29-17)14-19(15-23(26)31)18-8-10-20(11-9-18)30(2)3/h5,7-11,13,19,21,27,29H,4,6,12,14-16H2,1-3H3/t19-,21-,27+/m1/s1. The first-order chi connectivity index (χ1) is 16.9. The number of hydrogen-bond acceptors (Lipinski definition) is 7. The molecule has 1 aromatic heterocycles. The maximum Gasteiger partial charge on any atom is 0.336 e. The van der Waals surface area contributed by atoms with E-state index >= 15 is 0 Å². The topological polar surface area (TPSA) is 67.9 Å². The third-order valence-electron chi connectivity index (χ3n) is 7.18. The zero-order valence-electron chi connectivity index (χ0n) is 20.5. The van der Waals surface area contributed by atoms with Crippen LogP contribution < -0.4 is 10.2 Å². The van der Waals surface area contributed by atoms with Crippen molar-refractivity contribution in [3.8, 4) is 0 Å². The monoisotopic (exact) mass is 492 g/mol. The Labute approximate surface area is 210 Å². The summed E-state index contributed by atoms with van der Waals surface area (Å²) >= 11 is 1.57. The van der Waals surface area contributed by atoms with Crippen LogP contribution in [0.3, 0.4) is 0 Å². The van der Waals surface area contributed by atoms with Crippen molar-refractivity contribution in [1.29, 1.82) is 0 Å². The number of Topliss-reactive ketones (excluding diaryl/α,β-unsaturated/α-hetero) is 1. The molecule has 0 unspecified atom stereocenters. The van der Waals surface area contributed by atoms with Gasteiger partial charge in [-0.2, -0.15) is 0 Å². The van der Waals surface area contributed by atoms with Crippen LogP contribution in [0.15, 0.2) is 64.3 Å². The second kappa shape index (κ2) is 9.99. The first kappa shape index (κ1) is 23.8. The lowest BCUT2D eigenvalue weighted by molar-refractivity contribution is -0.142. The van der Waals surface area contributed by atoms with Gasteiger partial charge in [-0.1, -0.05) is 18.2 Å². The van der Waals surface area contributed by atoms with Gasteiger partial charge >= 0.3 is 5.97 Å². The Balaban J connectivity index is 1.43. The van der Waals surface area contributed by atoms with Gasteiger partial charge in [0.1, 0.15) is 6.61 Å². The van der Waals surface area contributed by atoms with Crippen LogP contribution in [0.1, 0.15) is 54.9 Å². The van der Waals surface area contributed by atoms with E-state index in [0.29, 0.717) is 24.2 Å². The Bertz CT molecular complexity index is 1160. The van der Waals surface area contributed by atoms with Crippen LogP contribution >= 0.6 is 11.3 Å². The van der Waals surface area contributed by atoms with Crippen LogP contribution in [0, 0.1) is 0 Å². The van der Waals surface area contributed by atoms with E-state index in [9.17, 15) is 9.59 Å². The number of allylic oxidation sites excluding steroid dienone is 3. The molecule has 1 saturated heterocycles. The van der Waals surface area contributed by atoms with Crippen molar-refractivity contribution in [3.05, 3.63) is 74.8 Å². The average Bonchev–Trinajstić information content (AvgIpc) is 3.56. The summed E-state index contributed by atoms with van der Waals surface area (Å²) in [7, 11) is 4.04. The Kier molecular flexibility index (Phi) is 6.80. The number of ether oxygens (including phenoxy) is 2. The number of ketones is 1. The highest BCUT2D eigenvalue weighted by Crippen LogP contribution is 2.46. The summed E-state index contributed by atoms with van der Waals surface area (Å²) in [6.45, 7) is 2.87. The Morgan fingerprint density at radius 2 is 2.00 bits per heavy atom. The fourth-order valence-corrected chi connectivity index (χ4v) is 6.20. The van der Waals surface area contributed by atoms with Crippen molar-refractivity contribution in [2.24, 2.45) is 0 Å². The molecule has 1 aliphatic carbocycles. The quantitative estimate of drug-likeness (QED) is 0.579. The van der Waals surface area contributed by atoms with Crippen LogP contribution in [-0.2, 0) is 19.1 Å². The first-order valence-electron chi connectivity index (χ1n) is 12.3. The number of nitrogens with zero attached hydrogens (tertiary/aromatic N) is 1. The number of anilines is 1. The lowest BCUT2D eigenvalue weighted by Gasteiger charge is -2.36. The Morgan fingerprint density at radius 3 is 2.66 bits per heavy atom. The van der Waals surface area contributed by atoms with E-state index in [4.69, 9.17) is 9.47 Å². The third-order valence-corrected chi connectivity index (χ3v) is 8.12. The molecular formula is C28H32N2O4S. The summed E-state index contributed by atoms with van der Waals surface area (Å²) < 4.78 is 11.3. The van der Waals surface area contributed by atoms with Crippen LogP contribution in [-0.4, -0.2) is 45.2 Å². The number of thiophene rings is 1. The summed E-state index contributed by atoms with van der Waals surface area (Å²) in [5, 5.41) is 5.42. The molecular weight excluding hydrogens is 460 g/mol. The van der Waals surface area contributed by atoms with Gasteiger partial charge in [-0.3, -0.25) is 4.79 Å². The highest BCUT2D eigenvalue weighted by Gasteiger charge is 2.42. The summed E-state index contributed by atoms with van der Waals surface area (Å²) in [5.41, 5.74) is 5.22. The molecule has 1 aromatic carbocycles. The SMILES string of the molecule is CC1=C(C(=O)OC[C@H]2CCCO2)[C@H](c2cccs2)C2=C(C[C@@H](c3ccc(N(C)C)cc3)CC2=O)N1. The van der Waals surface area contributed by atoms with Crippen molar-refractivity contribution in [1.82, 2.24) is 5.32 Å². The van der Waals surface area contributed by atoms with Crippen molar-refractivity contribution in [2.45, 2.75) is 50.5 Å². The first-order valence-corrected chi connectivity index (χ1v) is 13.1. The molecule has 0 bridgehead atoms. The maximum absolute atomic E-state index is 13.6. The van der Waals surface area contributed by atoms with Gasteiger partial charge in [-0.05, 0) is 61.2 Å². The van der Waals surface area contributed by atoms with Gasteiger partial charge < -0.3 is 19.7 Å². The summed E-state index contributed by atoms with van der Waals surface area (Å²) in [4.78, 5) is 30.0. The Morgan fingerprint density at radius 1 is 1.20 bits per heavy atom. The van der Waals surface area contributed by atoms with Gasteiger partial charge in [0.2, 0.25) is 0 Å². The van der Waals surface area contributed by atoms with Crippen molar-refractivity contribution >= 4 is 28.8 Å². The van der Waals surface area contributed by atoms with Crippen LogP contribution in [0.25, 0.3) is 0 Å². The predicted octanol–water partition coefficient (Wildman–Crippen LogP) is 4.90. The number of rotatable bonds is 6. The molecule has 3 heterocycles. The van der Waals surface area contributed by atoms with E-state index in [0.717, 1.165) is 46.8 Å². The van der Waals surface area contributed by atoms with E-state index in [1.54, 1.807) is 11.3 Å². The highest BCUT2D eigenvalue weighted by atomic mass is 32.1. The molecule has 3 aliphatic rings. The number of dihydropyridines is 1. The van der Waals surface area contributed by atoms with Crippen LogP contribution in [0.2, 0.25) is 0 Å². The third kappa shape index (κ3) is 4.80. The molecule has 7 heteroatoms. The molecule has 0 amide bonds. The minimum Gasteiger partial charge on any atom is -0.459 e. The van der Waals surface area contributed by atoms with Gasteiger partial charge in [0.25, 0.3) is 0 Å². The van der Waals surface area contributed by atoms with E-state index in [2.05, 4.69) is 34.5 Å². The van der Waals surface area contributed by atoms with Gasteiger partial charge in [-0.25, -0.2) is 4.79 Å². The summed E-state index contributed by atoms with van der Waals surface area (Å²) in [6.07, 6.45) is 3.03. The number of carbonyl (C=O) groups is 2. The predicted molar refractivity (Wildman–Crippen MR) is 138 cm³/mol. The molecule has 1 N–H and O–H groups in total. The average molecular weight is 493 g/mol. The number of hydrogen-bond donors (Lipinski definition) is 1. The largest absolute Gasteiger partial charge is 0.459 e. The summed E-state index contributed by atoms with van der Waals surface area (Å²) in [6, 6.07) is 12.4. The molecule has 2 aliphatic heterocycles. The van der Waals surface area contributed by atoms with Crippen molar-refractivity contribution < 1.29 is 19.1 Å². The van der Waals surface area contributed by atoms with Gasteiger partial charge in [0.15, 0.2) is 5.78 Å². The minimum atomic E-state index is -0.396. The molecule has 2 aromatic rings. The van der Waals surface area contributed by atoms with E-state index in [-0.39, 0.29) is 30.4 Å². The van der Waals surface area contributed by atoms with Gasteiger partial charge in [0.05, 0.1) is 17.6 Å². The molecule has 5 rings (SSSR count). The normalized spacial score (nSPS) is 24.3.